The van der Waals surface area contributed by atoms with Gasteiger partial charge in [0.2, 0.25) is 0 Å². The van der Waals surface area contributed by atoms with Gasteiger partial charge in [0, 0.05) is 16.0 Å². The molecule has 0 saturated heterocycles. The minimum absolute atomic E-state index is 0.0197. The van der Waals surface area contributed by atoms with Gasteiger partial charge in [-0.2, -0.15) is 0 Å². The predicted molar refractivity (Wildman–Crippen MR) is 128 cm³/mol. The lowest BCUT2D eigenvalue weighted by atomic mass is 9.73. The second-order valence-corrected chi connectivity index (χ2v) is 11.0. The molecule has 0 unspecified atom stereocenters. The fourth-order valence-corrected chi connectivity index (χ4v) is 5.46. The Labute approximate surface area is 190 Å². The van der Waals surface area contributed by atoms with Gasteiger partial charge in [0.05, 0.1) is 11.3 Å². The third-order valence-corrected chi connectivity index (χ3v) is 6.80. The zero-order valence-electron chi connectivity index (χ0n) is 19.4. The molecule has 0 saturated carbocycles. The van der Waals surface area contributed by atoms with E-state index < -0.39 is 5.97 Å². The number of aryl methyl sites for hydroxylation is 1. The zero-order valence-corrected chi connectivity index (χ0v) is 20.2. The monoisotopic (exact) mass is 438 g/mol. The average Bonchev–Trinajstić information content (AvgIpc) is 3.08. The van der Waals surface area contributed by atoms with Crippen LogP contribution in [0.2, 0.25) is 0 Å². The van der Waals surface area contributed by atoms with E-state index in [-0.39, 0.29) is 17.4 Å². The largest absolute Gasteiger partial charge is 0.488 e. The van der Waals surface area contributed by atoms with Crippen LogP contribution in [0.1, 0.15) is 93.2 Å². The smallest absolute Gasteiger partial charge is 0.308 e. The van der Waals surface area contributed by atoms with E-state index in [1.807, 2.05) is 12.1 Å². The molecular weight excluding hydrogens is 404 g/mol. The highest BCUT2D eigenvalue weighted by molar-refractivity contribution is 7.12. The van der Waals surface area contributed by atoms with Gasteiger partial charge < -0.3 is 9.84 Å². The molecular formula is C27H34O3S. The summed E-state index contributed by atoms with van der Waals surface area (Å²) in [6, 6.07) is 8.24. The summed E-state index contributed by atoms with van der Waals surface area (Å²) in [5.74, 6) is 6.87. The molecule has 0 fully saturated rings. The van der Waals surface area contributed by atoms with Crippen LogP contribution in [0, 0.1) is 11.8 Å². The average molecular weight is 439 g/mol. The number of carboxylic acid groups (broad SMARTS) is 1. The minimum Gasteiger partial charge on any atom is -0.488 e. The van der Waals surface area contributed by atoms with E-state index in [1.54, 1.807) is 0 Å². The Morgan fingerprint density at radius 3 is 2.61 bits per heavy atom. The lowest BCUT2D eigenvalue weighted by Crippen LogP contribution is -2.41. The molecule has 0 amide bonds. The third kappa shape index (κ3) is 6.14. The van der Waals surface area contributed by atoms with Crippen molar-refractivity contribution in [2.45, 2.75) is 90.6 Å². The van der Waals surface area contributed by atoms with Gasteiger partial charge in [0.25, 0.3) is 0 Å². The molecule has 31 heavy (non-hydrogen) atoms. The molecule has 0 aliphatic carbocycles. The molecule has 1 aromatic carbocycles. The Morgan fingerprint density at radius 1 is 1.13 bits per heavy atom. The molecule has 1 aliphatic rings. The van der Waals surface area contributed by atoms with Crippen LogP contribution in [0.5, 0.6) is 5.75 Å². The topological polar surface area (TPSA) is 46.5 Å². The number of unbranched alkanes of at least 4 members (excludes halogenated alkanes) is 3. The Morgan fingerprint density at radius 2 is 1.90 bits per heavy atom. The van der Waals surface area contributed by atoms with Crippen molar-refractivity contribution >= 4 is 17.3 Å². The molecule has 3 nitrogen and oxygen atoms in total. The van der Waals surface area contributed by atoms with Crippen LogP contribution in [0.4, 0.5) is 0 Å². The minimum atomic E-state index is -0.810. The fraction of sp³-hybridized carbons (Fsp3) is 0.519. The summed E-state index contributed by atoms with van der Waals surface area (Å²) in [6.07, 6.45) is 6.85. The van der Waals surface area contributed by atoms with Crippen LogP contribution >= 0.6 is 11.3 Å². The van der Waals surface area contributed by atoms with Crippen molar-refractivity contribution in [2.24, 2.45) is 0 Å². The van der Waals surface area contributed by atoms with Gasteiger partial charge in [0.15, 0.2) is 0 Å². The van der Waals surface area contributed by atoms with Gasteiger partial charge in [0.1, 0.15) is 11.4 Å². The number of fused-ring (bicyclic) bond motifs is 1. The first-order chi connectivity index (χ1) is 14.6. The van der Waals surface area contributed by atoms with E-state index in [4.69, 9.17) is 9.84 Å². The van der Waals surface area contributed by atoms with E-state index in [2.05, 4.69) is 58.6 Å². The summed E-state index contributed by atoms with van der Waals surface area (Å²) in [5, 5.41) is 9.00. The van der Waals surface area contributed by atoms with Crippen molar-refractivity contribution in [3.63, 3.8) is 0 Å². The van der Waals surface area contributed by atoms with E-state index in [0.29, 0.717) is 0 Å². The van der Waals surface area contributed by atoms with Crippen LogP contribution in [0.15, 0.2) is 24.3 Å². The number of rotatable bonds is 7. The van der Waals surface area contributed by atoms with E-state index in [1.165, 1.54) is 41.7 Å². The third-order valence-electron chi connectivity index (χ3n) is 5.80. The number of carbonyl (C=O) groups is 1. The molecule has 1 aliphatic heterocycles. The highest BCUT2D eigenvalue weighted by Crippen LogP contribution is 2.45. The molecule has 2 heterocycles. The van der Waals surface area contributed by atoms with Crippen LogP contribution in [-0.2, 0) is 23.1 Å². The maximum atomic E-state index is 11.0. The summed E-state index contributed by atoms with van der Waals surface area (Å²) in [6.45, 7) is 11.1. The number of hydrogen-bond donors (Lipinski definition) is 1. The number of thiophene rings is 1. The zero-order chi connectivity index (χ0) is 22.6. The first kappa shape index (κ1) is 23.4. The quantitative estimate of drug-likeness (QED) is 0.385. The molecule has 3 rings (SSSR count). The molecule has 166 valence electrons. The molecule has 2 aromatic rings. The molecule has 1 N–H and O–H groups in total. The van der Waals surface area contributed by atoms with Gasteiger partial charge in [-0.05, 0) is 68.4 Å². The van der Waals surface area contributed by atoms with Crippen molar-refractivity contribution in [1.29, 1.82) is 0 Å². The summed E-state index contributed by atoms with van der Waals surface area (Å²) in [5.41, 5.74) is 3.39. The highest BCUT2D eigenvalue weighted by atomic mass is 32.1. The number of carboxylic acids is 1. The fourth-order valence-electron chi connectivity index (χ4n) is 4.61. The Kier molecular flexibility index (Phi) is 7.17. The van der Waals surface area contributed by atoms with Crippen molar-refractivity contribution in [2.75, 3.05) is 0 Å². The van der Waals surface area contributed by atoms with Gasteiger partial charge >= 0.3 is 5.97 Å². The van der Waals surface area contributed by atoms with Crippen LogP contribution in [0.3, 0.4) is 0 Å². The van der Waals surface area contributed by atoms with E-state index in [9.17, 15) is 4.79 Å². The van der Waals surface area contributed by atoms with Gasteiger partial charge in [-0.15, -0.1) is 11.3 Å². The van der Waals surface area contributed by atoms with Gasteiger partial charge in [-0.25, -0.2) is 0 Å². The Balaban J connectivity index is 1.96. The lowest BCUT2D eigenvalue weighted by molar-refractivity contribution is -0.136. The van der Waals surface area contributed by atoms with Crippen LogP contribution < -0.4 is 4.74 Å². The second kappa shape index (κ2) is 9.49. The summed E-state index contributed by atoms with van der Waals surface area (Å²) in [4.78, 5) is 12.7. The number of hydrogen-bond acceptors (Lipinski definition) is 3. The van der Waals surface area contributed by atoms with Gasteiger partial charge in [-0.3, -0.25) is 4.79 Å². The van der Waals surface area contributed by atoms with Crippen LogP contribution in [-0.4, -0.2) is 16.7 Å². The molecule has 0 bridgehead atoms. The normalized spacial score (nSPS) is 16.0. The molecule has 0 spiro atoms. The van der Waals surface area contributed by atoms with Crippen LogP contribution in [0.25, 0.3) is 0 Å². The Hall–Kier alpha value is -2.25. The first-order valence-corrected chi connectivity index (χ1v) is 12.1. The van der Waals surface area contributed by atoms with Crippen molar-refractivity contribution in [3.8, 4) is 17.6 Å². The SMILES string of the molecule is CCCCCCc1cc2c(cc1C#Cc1ccc(CC(=O)O)s1)C(C)(C)CC(C)(C)O2. The van der Waals surface area contributed by atoms with Crippen molar-refractivity contribution < 1.29 is 14.6 Å². The molecule has 0 atom stereocenters. The summed E-state index contributed by atoms with van der Waals surface area (Å²) >= 11 is 1.46. The number of aliphatic carboxylic acids is 1. The van der Waals surface area contributed by atoms with Crippen molar-refractivity contribution in [3.05, 3.63) is 50.7 Å². The van der Waals surface area contributed by atoms with E-state index in [0.717, 1.165) is 40.3 Å². The predicted octanol–water partition coefficient (Wildman–Crippen LogP) is 6.74. The lowest BCUT2D eigenvalue weighted by Gasteiger charge is -2.42. The maximum absolute atomic E-state index is 11.0. The molecule has 4 heteroatoms. The van der Waals surface area contributed by atoms with Gasteiger partial charge in [-0.1, -0.05) is 51.9 Å². The first-order valence-electron chi connectivity index (χ1n) is 11.3. The maximum Gasteiger partial charge on any atom is 0.308 e. The molecule has 1 aromatic heterocycles. The number of benzene rings is 1. The van der Waals surface area contributed by atoms with Crippen molar-refractivity contribution in [1.82, 2.24) is 0 Å². The standard InChI is InChI=1S/C27H34O3S/c1-6-7-8-9-10-19-16-24-23(26(2,3)18-27(4,5)30-24)15-20(19)11-12-21-13-14-22(31-21)17-25(28)29/h13-16H,6-10,17-18H2,1-5H3,(H,28,29). The molecule has 0 radical (unpaired) electrons. The second-order valence-electron chi connectivity index (χ2n) is 9.83. The Bertz CT molecular complexity index is 1000. The number of ether oxygens (including phenoxy) is 1. The summed E-state index contributed by atoms with van der Waals surface area (Å²) in [7, 11) is 0. The van der Waals surface area contributed by atoms with E-state index >= 15 is 0 Å². The summed E-state index contributed by atoms with van der Waals surface area (Å²) < 4.78 is 6.38. The highest BCUT2D eigenvalue weighted by Gasteiger charge is 2.39.